The molecule has 0 bridgehead atoms. The number of hydrogen-bond acceptors (Lipinski definition) is 3. The number of sulfonamides is 1. The first-order chi connectivity index (χ1) is 6.64. The molecule has 0 amide bonds. The number of likely N-dealkylation sites (tertiary alicyclic amines) is 1. The van der Waals surface area contributed by atoms with Crippen LogP contribution in [-0.4, -0.2) is 44.7 Å². The molecular formula is C8H17ClN2O2S. The van der Waals surface area contributed by atoms with Gasteiger partial charge in [0.05, 0.1) is 0 Å². The monoisotopic (exact) mass is 240 g/mol. The van der Waals surface area contributed by atoms with Crippen molar-refractivity contribution in [3.8, 4) is 0 Å². The van der Waals surface area contributed by atoms with Crippen LogP contribution in [0.3, 0.4) is 0 Å². The second-order valence-corrected chi connectivity index (χ2v) is 5.91. The summed E-state index contributed by atoms with van der Waals surface area (Å²) in [5, 5.41) is -0.354. The number of halogens is 1. The van der Waals surface area contributed by atoms with Crippen molar-refractivity contribution in [3.63, 3.8) is 0 Å². The SMILES string of the molecule is O=S(=O)(CCl)NCCN1CCCCC1. The number of nitrogens with one attached hydrogen (secondary N) is 1. The average Bonchev–Trinajstić information content (AvgIpc) is 2.19. The van der Waals surface area contributed by atoms with Crippen molar-refractivity contribution in [1.82, 2.24) is 9.62 Å². The molecule has 1 aliphatic heterocycles. The molecule has 1 N–H and O–H groups in total. The fraction of sp³-hybridized carbons (Fsp3) is 1.00. The van der Waals surface area contributed by atoms with E-state index in [2.05, 4.69) is 9.62 Å². The minimum atomic E-state index is -3.23. The molecule has 1 saturated heterocycles. The molecular weight excluding hydrogens is 224 g/mol. The van der Waals surface area contributed by atoms with Gasteiger partial charge in [0.1, 0.15) is 5.21 Å². The third-order valence-electron chi connectivity index (χ3n) is 2.34. The molecule has 84 valence electrons. The van der Waals surface area contributed by atoms with Crippen LogP contribution in [0.1, 0.15) is 19.3 Å². The standard InChI is InChI=1S/C8H17ClN2O2S/c9-8-14(12,13)10-4-7-11-5-2-1-3-6-11/h10H,1-8H2. The van der Waals surface area contributed by atoms with Crippen molar-refractivity contribution in [3.05, 3.63) is 0 Å². The maximum Gasteiger partial charge on any atom is 0.225 e. The summed E-state index contributed by atoms with van der Waals surface area (Å²) in [5.41, 5.74) is 0. The molecule has 0 radical (unpaired) electrons. The van der Waals surface area contributed by atoms with Gasteiger partial charge in [0.2, 0.25) is 10.0 Å². The van der Waals surface area contributed by atoms with Crippen LogP contribution in [0.15, 0.2) is 0 Å². The van der Waals surface area contributed by atoms with Crippen LogP contribution in [-0.2, 0) is 10.0 Å². The van der Waals surface area contributed by atoms with Gasteiger partial charge < -0.3 is 4.90 Å². The van der Waals surface area contributed by atoms with E-state index >= 15 is 0 Å². The summed E-state index contributed by atoms with van der Waals surface area (Å²) in [7, 11) is -3.23. The lowest BCUT2D eigenvalue weighted by Crippen LogP contribution is -2.37. The zero-order valence-electron chi connectivity index (χ0n) is 8.21. The molecule has 1 rings (SSSR count). The van der Waals surface area contributed by atoms with Crippen LogP contribution in [0.25, 0.3) is 0 Å². The van der Waals surface area contributed by atoms with E-state index in [4.69, 9.17) is 11.6 Å². The van der Waals surface area contributed by atoms with Gasteiger partial charge in [0.25, 0.3) is 0 Å². The van der Waals surface area contributed by atoms with Crippen molar-refractivity contribution < 1.29 is 8.42 Å². The third-order valence-corrected chi connectivity index (χ3v) is 4.14. The van der Waals surface area contributed by atoms with Crippen LogP contribution >= 0.6 is 11.6 Å². The smallest absolute Gasteiger partial charge is 0.225 e. The van der Waals surface area contributed by atoms with Crippen molar-refractivity contribution in [2.75, 3.05) is 31.4 Å². The van der Waals surface area contributed by atoms with Gasteiger partial charge in [-0.3, -0.25) is 0 Å². The summed E-state index contributed by atoms with van der Waals surface area (Å²) < 4.78 is 24.4. The number of alkyl halides is 1. The molecule has 0 aromatic rings. The van der Waals surface area contributed by atoms with Gasteiger partial charge in [0.15, 0.2) is 0 Å². The van der Waals surface area contributed by atoms with E-state index in [0.717, 1.165) is 19.6 Å². The number of nitrogens with zero attached hydrogens (tertiary/aromatic N) is 1. The second kappa shape index (κ2) is 5.90. The van der Waals surface area contributed by atoms with Crippen LogP contribution < -0.4 is 4.72 Å². The van der Waals surface area contributed by atoms with Crippen LogP contribution in [0, 0.1) is 0 Å². The highest BCUT2D eigenvalue weighted by Crippen LogP contribution is 2.07. The van der Waals surface area contributed by atoms with Crippen LogP contribution in [0.4, 0.5) is 0 Å². The first kappa shape index (κ1) is 12.2. The minimum Gasteiger partial charge on any atom is -0.302 e. The summed E-state index contributed by atoms with van der Waals surface area (Å²) >= 11 is 5.25. The van der Waals surface area contributed by atoms with E-state index in [1.807, 2.05) is 0 Å². The molecule has 1 heterocycles. The summed E-state index contributed by atoms with van der Waals surface area (Å²) in [6.07, 6.45) is 3.74. The fourth-order valence-corrected chi connectivity index (χ4v) is 2.29. The van der Waals surface area contributed by atoms with Crippen molar-refractivity contribution in [2.24, 2.45) is 0 Å². The van der Waals surface area contributed by atoms with Crippen molar-refractivity contribution in [2.45, 2.75) is 19.3 Å². The Balaban J connectivity index is 2.14. The van der Waals surface area contributed by atoms with Gasteiger partial charge in [-0.25, -0.2) is 13.1 Å². The lowest BCUT2D eigenvalue weighted by atomic mass is 10.1. The third kappa shape index (κ3) is 4.59. The molecule has 6 heteroatoms. The number of hydrogen-bond donors (Lipinski definition) is 1. The summed E-state index contributed by atoms with van der Waals surface area (Å²) in [5.74, 6) is 0. The average molecular weight is 241 g/mol. The molecule has 0 aliphatic carbocycles. The lowest BCUT2D eigenvalue weighted by Gasteiger charge is -2.26. The first-order valence-electron chi connectivity index (χ1n) is 4.90. The summed E-state index contributed by atoms with van der Waals surface area (Å²) in [4.78, 5) is 2.28. The van der Waals surface area contributed by atoms with E-state index in [9.17, 15) is 8.42 Å². The molecule has 1 fully saturated rings. The highest BCUT2D eigenvalue weighted by atomic mass is 35.5. The Morgan fingerprint density at radius 2 is 1.86 bits per heavy atom. The highest BCUT2D eigenvalue weighted by Gasteiger charge is 2.11. The number of piperidine rings is 1. The van der Waals surface area contributed by atoms with E-state index in [1.165, 1.54) is 19.3 Å². The second-order valence-electron chi connectivity index (χ2n) is 3.52. The molecule has 4 nitrogen and oxygen atoms in total. The molecule has 0 aromatic carbocycles. The topological polar surface area (TPSA) is 49.4 Å². The Morgan fingerprint density at radius 1 is 1.21 bits per heavy atom. The van der Waals surface area contributed by atoms with E-state index in [-0.39, 0.29) is 5.21 Å². The van der Waals surface area contributed by atoms with E-state index in [1.54, 1.807) is 0 Å². The Bertz CT molecular complexity index is 250. The number of rotatable bonds is 5. The summed E-state index contributed by atoms with van der Waals surface area (Å²) in [6.45, 7) is 3.43. The van der Waals surface area contributed by atoms with Gasteiger partial charge in [-0.2, -0.15) is 0 Å². The largest absolute Gasteiger partial charge is 0.302 e. The maximum absolute atomic E-state index is 11.0. The predicted molar refractivity (Wildman–Crippen MR) is 57.9 cm³/mol. The Kier molecular flexibility index (Phi) is 5.15. The fourth-order valence-electron chi connectivity index (χ4n) is 1.58. The van der Waals surface area contributed by atoms with Gasteiger partial charge in [0, 0.05) is 13.1 Å². The quantitative estimate of drug-likeness (QED) is 0.716. The first-order valence-corrected chi connectivity index (χ1v) is 7.08. The zero-order chi connectivity index (χ0) is 10.4. The summed E-state index contributed by atoms with van der Waals surface area (Å²) in [6, 6.07) is 0. The minimum absolute atomic E-state index is 0.354. The molecule has 0 unspecified atom stereocenters. The van der Waals surface area contributed by atoms with Crippen molar-refractivity contribution >= 4 is 21.6 Å². The van der Waals surface area contributed by atoms with E-state index < -0.39 is 10.0 Å². The van der Waals surface area contributed by atoms with Crippen LogP contribution in [0.5, 0.6) is 0 Å². The molecule has 0 atom stereocenters. The van der Waals surface area contributed by atoms with Gasteiger partial charge >= 0.3 is 0 Å². The van der Waals surface area contributed by atoms with Gasteiger partial charge in [-0.15, -0.1) is 11.6 Å². The molecule has 0 saturated carbocycles. The molecule has 0 aromatic heterocycles. The van der Waals surface area contributed by atoms with E-state index in [0.29, 0.717) is 6.54 Å². The Morgan fingerprint density at radius 3 is 2.43 bits per heavy atom. The molecule has 14 heavy (non-hydrogen) atoms. The Hall–Kier alpha value is 0.160. The highest BCUT2D eigenvalue weighted by molar-refractivity contribution is 7.90. The van der Waals surface area contributed by atoms with Gasteiger partial charge in [-0.05, 0) is 25.9 Å². The van der Waals surface area contributed by atoms with Crippen molar-refractivity contribution in [1.29, 1.82) is 0 Å². The van der Waals surface area contributed by atoms with Gasteiger partial charge in [-0.1, -0.05) is 6.42 Å². The predicted octanol–water partition coefficient (Wildman–Crippen LogP) is 0.588. The van der Waals surface area contributed by atoms with Crippen LogP contribution in [0.2, 0.25) is 0 Å². The zero-order valence-corrected chi connectivity index (χ0v) is 9.78. The Labute approximate surface area is 90.7 Å². The normalized spacial score (nSPS) is 19.8. The maximum atomic E-state index is 11.0. The lowest BCUT2D eigenvalue weighted by molar-refractivity contribution is 0.233. The molecule has 0 spiro atoms. The molecule has 1 aliphatic rings.